The Kier molecular flexibility index (Phi) is 3.81. The van der Waals surface area contributed by atoms with Gasteiger partial charge in [-0.05, 0) is 44.6 Å². The van der Waals surface area contributed by atoms with Crippen molar-refractivity contribution in [2.24, 2.45) is 0 Å². The number of benzene rings is 1. The smallest absolute Gasteiger partial charge is 0.376 e. The summed E-state index contributed by atoms with van der Waals surface area (Å²) < 4.78 is 5.64. The molecule has 2 aliphatic heterocycles. The zero-order valence-electron chi connectivity index (χ0n) is 11.7. The Balaban J connectivity index is 1.63. The molecule has 0 saturated carbocycles. The third-order valence-corrected chi connectivity index (χ3v) is 4.46. The molecule has 2 saturated heterocycles. The lowest BCUT2D eigenvalue weighted by atomic mass is 9.79. The SMILES string of the molecule is CB(O)N1C2CC[C@H]1C[C@@H](OC(=O)c1ccccc1)C2. The third-order valence-electron chi connectivity index (χ3n) is 4.46. The van der Waals surface area contributed by atoms with Crippen molar-refractivity contribution >= 4 is 13.0 Å². The van der Waals surface area contributed by atoms with Crippen LogP contribution in [0, 0.1) is 0 Å². The zero-order chi connectivity index (χ0) is 14.1. The molecule has 3 atom stereocenters. The monoisotopic (exact) mass is 273 g/mol. The van der Waals surface area contributed by atoms with E-state index in [1.165, 1.54) is 0 Å². The van der Waals surface area contributed by atoms with E-state index in [0.29, 0.717) is 17.6 Å². The van der Waals surface area contributed by atoms with E-state index in [2.05, 4.69) is 4.81 Å². The van der Waals surface area contributed by atoms with Crippen molar-refractivity contribution in [1.82, 2.24) is 4.81 Å². The third kappa shape index (κ3) is 2.60. The molecule has 20 heavy (non-hydrogen) atoms. The van der Waals surface area contributed by atoms with E-state index in [1.807, 2.05) is 25.0 Å². The Labute approximate surface area is 119 Å². The number of esters is 1. The van der Waals surface area contributed by atoms with Crippen LogP contribution in [0.3, 0.4) is 0 Å². The molecule has 0 spiro atoms. The van der Waals surface area contributed by atoms with Gasteiger partial charge in [-0.25, -0.2) is 4.79 Å². The summed E-state index contributed by atoms with van der Waals surface area (Å²) in [5.41, 5.74) is 0.609. The van der Waals surface area contributed by atoms with Crippen LogP contribution in [-0.2, 0) is 4.74 Å². The van der Waals surface area contributed by atoms with Gasteiger partial charge >= 0.3 is 13.0 Å². The van der Waals surface area contributed by atoms with Gasteiger partial charge in [-0.2, -0.15) is 0 Å². The number of nitrogens with zero attached hydrogens (tertiary/aromatic N) is 1. The Morgan fingerprint density at radius 2 is 1.85 bits per heavy atom. The van der Waals surface area contributed by atoms with Gasteiger partial charge in [0, 0.05) is 12.1 Å². The minimum atomic E-state index is -0.404. The molecule has 1 N–H and O–H groups in total. The number of rotatable bonds is 3. The zero-order valence-corrected chi connectivity index (χ0v) is 11.7. The quantitative estimate of drug-likeness (QED) is 0.675. The van der Waals surface area contributed by atoms with Crippen LogP contribution < -0.4 is 0 Å². The lowest BCUT2D eigenvalue weighted by Gasteiger charge is -2.39. The highest BCUT2D eigenvalue weighted by Gasteiger charge is 2.44. The van der Waals surface area contributed by atoms with Crippen LogP contribution in [0.2, 0.25) is 6.82 Å². The minimum absolute atomic E-state index is 0.0183. The fourth-order valence-corrected chi connectivity index (χ4v) is 3.66. The molecule has 1 unspecified atom stereocenters. The molecule has 5 heteroatoms. The first kappa shape index (κ1) is 13.6. The van der Waals surface area contributed by atoms with E-state index in [0.717, 1.165) is 25.7 Å². The Morgan fingerprint density at radius 1 is 1.25 bits per heavy atom. The predicted molar refractivity (Wildman–Crippen MR) is 77.4 cm³/mol. The van der Waals surface area contributed by atoms with Crippen LogP contribution in [-0.4, -0.2) is 41.0 Å². The average Bonchev–Trinajstić information content (AvgIpc) is 2.72. The highest BCUT2D eigenvalue weighted by Crippen LogP contribution is 2.37. The van der Waals surface area contributed by atoms with Crippen LogP contribution in [0.15, 0.2) is 30.3 Å². The predicted octanol–water partition coefficient (Wildman–Crippen LogP) is 1.95. The number of hydrogen-bond acceptors (Lipinski definition) is 4. The summed E-state index contributed by atoms with van der Waals surface area (Å²) in [5.74, 6) is -0.236. The molecule has 2 bridgehead atoms. The van der Waals surface area contributed by atoms with Gasteiger partial charge in [-0.3, -0.25) is 0 Å². The first-order valence-electron chi connectivity index (χ1n) is 7.36. The molecule has 0 amide bonds. The van der Waals surface area contributed by atoms with Crippen LogP contribution in [0.5, 0.6) is 0 Å². The molecule has 2 heterocycles. The fraction of sp³-hybridized carbons (Fsp3) is 0.533. The lowest BCUT2D eigenvalue weighted by Crippen LogP contribution is -2.52. The van der Waals surface area contributed by atoms with Gasteiger partial charge in [0.1, 0.15) is 6.10 Å². The number of hydrogen-bond donors (Lipinski definition) is 1. The molecule has 1 aromatic rings. The molecular formula is C15H20BNO3. The maximum absolute atomic E-state index is 12.1. The molecule has 0 aromatic heterocycles. The summed E-state index contributed by atoms with van der Waals surface area (Å²) in [7, 11) is -0.404. The molecule has 1 aromatic carbocycles. The molecule has 3 rings (SSSR count). The highest BCUT2D eigenvalue weighted by atomic mass is 16.5. The van der Waals surface area contributed by atoms with Gasteiger partial charge in [-0.15, -0.1) is 0 Å². The second-order valence-corrected chi connectivity index (χ2v) is 5.83. The topological polar surface area (TPSA) is 49.8 Å². The van der Waals surface area contributed by atoms with E-state index >= 15 is 0 Å². The number of carbonyl (C=O) groups is 1. The van der Waals surface area contributed by atoms with Crippen LogP contribution in [0.1, 0.15) is 36.0 Å². The van der Waals surface area contributed by atoms with Gasteiger partial charge in [-0.1, -0.05) is 18.2 Å². The van der Waals surface area contributed by atoms with Crippen molar-refractivity contribution in [1.29, 1.82) is 0 Å². The molecule has 106 valence electrons. The summed E-state index contributed by atoms with van der Waals surface area (Å²) in [6.45, 7) is 1.82. The van der Waals surface area contributed by atoms with Gasteiger partial charge < -0.3 is 14.6 Å². The van der Waals surface area contributed by atoms with Crippen molar-refractivity contribution in [3.8, 4) is 0 Å². The van der Waals surface area contributed by atoms with E-state index in [9.17, 15) is 9.82 Å². The summed E-state index contributed by atoms with van der Waals surface area (Å²) in [4.78, 5) is 14.3. The van der Waals surface area contributed by atoms with Gasteiger partial charge in [0.2, 0.25) is 0 Å². The minimum Gasteiger partial charge on any atom is -0.459 e. The maximum Gasteiger partial charge on any atom is 0.376 e. The lowest BCUT2D eigenvalue weighted by molar-refractivity contribution is 0.00607. The summed E-state index contributed by atoms with van der Waals surface area (Å²) in [6.07, 6.45) is 3.83. The first-order chi connectivity index (χ1) is 9.65. The maximum atomic E-state index is 12.1. The number of carbonyl (C=O) groups excluding carboxylic acids is 1. The largest absolute Gasteiger partial charge is 0.459 e. The first-order valence-corrected chi connectivity index (χ1v) is 7.36. The summed E-state index contributed by atoms with van der Waals surface area (Å²) >= 11 is 0. The Bertz CT molecular complexity index is 465. The standard InChI is InChI=1S/C15H20BNO3/c1-16(19)17-12-7-8-13(17)10-14(9-12)20-15(18)11-5-3-2-4-6-11/h2-6,12-14,19H,7-10H2,1H3/t12-,13?,14+/m0/s1. The highest BCUT2D eigenvalue weighted by molar-refractivity contribution is 6.45. The van der Waals surface area contributed by atoms with E-state index < -0.39 is 7.05 Å². The van der Waals surface area contributed by atoms with Crippen molar-refractivity contribution in [2.75, 3.05) is 0 Å². The summed E-state index contributed by atoms with van der Waals surface area (Å²) in [6, 6.07) is 9.83. The van der Waals surface area contributed by atoms with E-state index in [4.69, 9.17) is 4.74 Å². The Morgan fingerprint density at radius 3 is 2.40 bits per heavy atom. The average molecular weight is 273 g/mol. The van der Waals surface area contributed by atoms with Crippen molar-refractivity contribution < 1.29 is 14.6 Å². The number of ether oxygens (including phenoxy) is 1. The summed E-state index contributed by atoms with van der Waals surface area (Å²) in [5, 5.41) is 9.82. The second-order valence-electron chi connectivity index (χ2n) is 5.83. The van der Waals surface area contributed by atoms with Gasteiger partial charge in [0.05, 0.1) is 5.56 Å². The molecule has 0 radical (unpaired) electrons. The van der Waals surface area contributed by atoms with Crippen molar-refractivity contribution in [3.05, 3.63) is 35.9 Å². The molecule has 2 aliphatic rings. The van der Waals surface area contributed by atoms with E-state index in [-0.39, 0.29) is 12.1 Å². The molecule has 2 fully saturated rings. The van der Waals surface area contributed by atoms with Crippen LogP contribution >= 0.6 is 0 Å². The van der Waals surface area contributed by atoms with Gasteiger partial charge in [0.15, 0.2) is 0 Å². The number of fused-ring (bicyclic) bond motifs is 2. The van der Waals surface area contributed by atoms with Crippen molar-refractivity contribution in [3.63, 3.8) is 0 Å². The van der Waals surface area contributed by atoms with Gasteiger partial charge in [0.25, 0.3) is 0 Å². The van der Waals surface area contributed by atoms with Crippen LogP contribution in [0.4, 0.5) is 0 Å². The molecule has 0 aliphatic carbocycles. The van der Waals surface area contributed by atoms with Crippen molar-refractivity contribution in [2.45, 2.75) is 50.7 Å². The van der Waals surface area contributed by atoms with Crippen LogP contribution in [0.25, 0.3) is 0 Å². The molecular weight excluding hydrogens is 253 g/mol. The fourth-order valence-electron chi connectivity index (χ4n) is 3.66. The normalized spacial score (nSPS) is 29.2. The second kappa shape index (κ2) is 5.58. The molecule has 4 nitrogen and oxygen atoms in total. The number of piperidine rings is 1. The van der Waals surface area contributed by atoms with E-state index in [1.54, 1.807) is 12.1 Å². The Hall–Kier alpha value is -1.33.